The Kier molecular flexibility index (Phi) is 7.67. The van der Waals surface area contributed by atoms with Crippen molar-refractivity contribution in [3.05, 3.63) is 104 Å². The summed E-state index contributed by atoms with van der Waals surface area (Å²) >= 11 is 3.45. The van der Waals surface area contributed by atoms with Crippen LogP contribution in [-0.2, 0) is 6.54 Å². The van der Waals surface area contributed by atoms with Crippen LogP contribution in [-0.4, -0.2) is 53.6 Å². The standard InChI is InChI=1S/C28H26BrN3O4/c1-31(2)15-14-30-26(33)20-10-8-18(9-11-20)17-32-25(28(35)36)24(19-6-4-3-5-7-19)23-16-21(29)12-13-22(23)27(32)34/h3-13,16H,14-15,17H2,1-2H3,(H,30,33)(H,35,36). The van der Waals surface area contributed by atoms with Crippen molar-refractivity contribution in [2.45, 2.75) is 6.54 Å². The first kappa shape index (κ1) is 25.3. The van der Waals surface area contributed by atoms with E-state index in [1.165, 1.54) is 4.57 Å². The Balaban J connectivity index is 1.78. The second-order valence-electron chi connectivity index (χ2n) is 8.73. The number of halogens is 1. The number of likely N-dealkylation sites (N-methyl/N-ethyl adjacent to an activating group) is 1. The summed E-state index contributed by atoms with van der Waals surface area (Å²) in [5, 5.41) is 14.1. The van der Waals surface area contributed by atoms with Gasteiger partial charge in [-0.2, -0.15) is 0 Å². The van der Waals surface area contributed by atoms with Gasteiger partial charge < -0.3 is 15.3 Å². The Morgan fingerprint density at radius 1 is 0.972 bits per heavy atom. The number of hydrogen-bond donors (Lipinski definition) is 2. The molecule has 184 valence electrons. The third-order valence-electron chi connectivity index (χ3n) is 5.90. The molecule has 0 fully saturated rings. The number of carbonyl (C=O) groups excluding carboxylic acids is 1. The van der Waals surface area contributed by atoms with Gasteiger partial charge in [-0.05, 0) is 60.9 Å². The number of fused-ring (bicyclic) bond motifs is 1. The molecule has 3 aromatic carbocycles. The van der Waals surface area contributed by atoms with Crippen LogP contribution in [0.25, 0.3) is 21.9 Å². The number of nitrogens with zero attached hydrogens (tertiary/aromatic N) is 2. The first-order valence-corrected chi connectivity index (χ1v) is 12.2. The highest BCUT2D eigenvalue weighted by Crippen LogP contribution is 2.32. The topological polar surface area (TPSA) is 91.6 Å². The minimum absolute atomic E-state index is 0.0504. The van der Waals surface area contributed by atoms with Gasteiger partial charge in [0, 0.05) is 34.1 Å². The molecule has 4 aromatic rings. The van der Waals surface area contributed by atoms with Gasteiger partial charge in [0.15, 0.2) is 0 Å². The summed E-state index contributed by atoms with van der Waals surface area (Å²) in [5.74, 6) is -1.38. The van der Waals surface area contributed by atoms with Crippen LogP contribution < -0.4 is 10.9 Å². The van der Waals surface area contributed by atoms with Crippen molar-refractivity contribution in [2.75, 3.05) is 27.2 Å². The highest BCUT2D eigenvalue weighted by Gasteiger charge is 2.23. The predicted molar refractivity (Wildman–Crippen MR) is 145 cm³/mol. The van der Waals surface area contributed by atoms with Crippen molar-refractivity contribution in [1.82, 2.24) is 14.8 Å². The Bertz CT molecular complexity index is 1480. The van der Waals surface area contributed by atoms with Gasteiger partial charge in [-0.3, -0.25) is 14.2 Å². The molecular weight excluding hydrogens is 522 g/mol. The minimum atomic E-state index is -1.19. The second-order valence-corrected chi connectivity index (χ2v) is 9.65. The molecule has 0 unspecified atom stereocenters. The molecule has 36 heavy (non-hydrogen) atoms. The lowest BCUT2D eigenvalue weighted by molar-refractivity contribution is 0.0685. The molecule has 7 nitrogen and oxygen atoms in total. The smallest absolute Gasteiger partial charge is 0.353 e. The summed E-state index contributed by atoms with van der Waals surface area (Å²) in [6.07, 6.45) is 0. The number of carbonyl (C=O) groups is 2. The molecule has 0 atom stereocenters. The molecule has 0 aliphatic heterocycles. The van der Waals surface area contributed by atoms with Crippen LogP contribution in [0.1, 0.15) is 26.4 Å². The molecule has 0 aliphatic carbocycles. The maximum atomic E-state index is 13.5. The van der Waals surface area contributed by atoms with Gasteiger partial charge in [-0.15, -0.1) is 0 Å². The molecule has 1 heterocycles. The van der Waals surface area contributed by atoms with Crippen LogP contribution in [0.15, 0.2) is 82.1 Å². The number of nitrogens with one attached hydrogen (secondary N) is 1. The second kappa shape index (κ2) is 10.9. The van der Waals surface area contributed by atoms with Crippen LogP contribution >= 0.6 is 15.9 Å². The van der Waals surface area contributed by atoms with E-state index in [0.29, 0.717) is 39.6 Å². The number of rotatable bonds is 8. The summed E-state index contributed by atoms with van der Waals surface area (Å²) in [4.78, 5) is 40.5. The fourth-order valence-corrected chi connectivity index (χ4v) is 4.49. The number of aromatic carboxylic acids is 1. The van der Waals surface area contributed by atoms with Crippen molar-refractivity contribution in [3.63, 3.8) is 0 Å². The van der Waals surface area contributed by atoms with Gasteiger partial charge in [-0.25, -0.2) is 4.79 Å². The third kappa shape index (κ3) is 5.40. The van der Waals surface area contributed by atoms with E-state index in [1.54, 1.807) is 42.5 Å². The highest BCUT2D eigenvalue weighted by molar-refractivity contribution is 9.10. The zero-order chi connectivity index (χ0) is 25.8. The van der Waals surface area contributed by atoms with Crippen LogP contribution in [0, 0.1) is 0 Å². The van der Waals surface area contributed by atoms with Gasteiger partial charge >= 0.3 is 5.97 Å². The first-order chi connectivity index (χ1) is 17.3. The van der Waals surface area contributed by atoms with Crippen LogP contribution in [0.5, 0.6) is 0 Å². The fraction of sp³-hybridized carbons (Fsp3) is 0.179. The van der Waals surface area contributed by atoms with E-state index < -0.39 is 5.97 Å². The molecule has 4 rings (SSSR count). The van der Waals surface area contributed by atoms with E-state index in [9.17, 15) is 19.5 Å². The van der Waals surface area contributed by atoms with Crippen LogP contribution in [0.4, 0.5) is 0 Å². The number of pyridine rings is 1. The number of hydrogen-bond acceptors (Lipinski definition) is 4. The minimum Gasteiger partial charge on any atom is -0.477 e. The summed E-state index contributed by atoms with van der Waals surface area (Å²) < 4.78 is 2.05. The van der Waals surface area contributed by atoms with E-state index in [4.69, 9.17) is 0 Å². The quantitative estimate of drug-likeness (QED) is 0.339. The normalized spacial score (nSPS) is 11.1. The van der Waals surface area contributed by atoms with Gasteiger partial charge in [0.25, 0.3) is 11.5 Å². The summed E-state index contributed by atoms with van der Waals surface area (Å²) in [5.41, 5.74) is 1.92. The molecular formula is C28H26BrN3O4. The number of carboxylic acid groups (broad SMARTS) is 1. The number of aromatic nitrogens is 1. The summed E-state index contributed by atoms with van der Waals surface area (Å²) in [6.45, 7) is 1.31. The molecule has 0 radical (unpaired) electrons. The van der Waals surface area contributed by atoms with Gasteiger partial charge in [0.1, 0.15) is 5.69 Å². The Morgan fingerprint density at radius 3 is 2.31 bits per heavy atom. The van der Waals surface area contributed by atoms with Gasteiger partial charge in [0.2, 0.25) is 0 Å². The van der Waals surface area contributed by atoms with Gasteiger partial charge in [0.05, 0.1) is 6.54 Å². The van der Waals surface area contributed by atoms with Crippen molar-refractivity contribution in [3.8, 4) is 11.1 Å². The number of benzene rings is 3. The predicted octanol–water partition coefficient (Wildman–Crippen LogP) is 4.47. The van der Waals surface area contributed by atoms with Crippen molar-refractivity contribution in [2.24, 2.45) is 0 Å². The van der Waals surface area contributed by atoms with E-state index in [-0.39, 0.29) is 23.7 Å². The molecule has 0 saturated heterocycles. The molecule has 1 amide bonds. The molecule has 8 heteroatoms. The third-order valence-corrected chi connectivity index (χ3v) is 6.39. The van der Waals surface area contributed by atoms with Crippen molar-refractivity contribution < 1.29 is 14.7 Å². The van der Waals surface area contributed by atoms with Crippen molar-refractivity contribution in [1.29, 1.82) is 0 Å². The largest absolute Gasteiger partial charge is 0.477 e. The molecule has 0 saturated carbocycles. The maximum Gasteiger partial charge on any atom is 0.353 e. The molecule has 0 aliphatic rings. The van der Waals surface area contributed by atoms with Gasteiger partial charge in [-0.1, -0.05) is 58.4 Å². The lowest BCUT2D eigenvalue weighted by Gasteiger charge is -2.18. The van der Waals surface area contributed by atoms with Crippen LogP contribution in [0.2, 0.25) is 0 Å². The SMILES string of the molecule is CN(C)CCNC(=O)c1ccc(Cn2c(C(=O)O)c(-c3ccccc3)c3cc(Br)ccc3c2=O)cc1. The monoisotopic (exact) mass is 547 g/mol. The Morgan fingerprint density at radius 2 is 1.67 bits per heavy atom. The van der Waals surface area contributed by atoms with Crippen molar-refractivity contribution >= 4 is 38.6 Å². The van der Waals surface area contributed by atoms with E-state index in [1.807, 2.05) is 49.3 Å². The first-order valence-electron chi connectivity index (χ1n) is 11.4. The average molecular weight is 548 g/mol. The molecule has 2 N–H and O–H groups in total. The van der Waals surface area contributed by atoms with E-state index in [0.717, 1.165) is 11.0 Å². The Labute approximate surface area is 217 Å². The summed E-state index contributed by atoms with van der Waals surface area (Å²) in [6, 6.07) is 21.3. The summed E-state index contributed by atoms with van der Waals surface area (Å²) in [7, 11) is 3.87. The number of amides is 1. The Hall–Kier alpha value is -3.75. The highest BCUT2D eigenvalue weighted by atomic mass is 79.9. The lowest BCUT2D eigenvalue weighted by Crippen LogP contribution is -2.31. The maximum absolute atomic E-state index is 13.5. The number of carboxylic acids is 1. The average Bonchev–Trinajstić information content (AvgIpc) is 2.85. The zero-order valence-corrected chi connectivity index (χ0v) is 21.6. The zero-order valence-electron chi connectivity index (χ0n) is 20.0. The molecule has 0 spiro atoms. The fourth-order valence-electron chi connectivity index (χ4n) is 4.13. The van der Waals surface area contributed by atoms with E-state index >= 15 is 0 Å². The molecule has 0 bridgehead atoms. The molecule has 1 aromatic heterocycles. The lowest BCUT2D eigenvalue weighted by atomic mass is 9.96. The van der Waals surface area contributed by atoms with Crippen LogP contribution in [0.3, 0.4) is 0 Å². The van der Waals surface area contributed by atoms with E-state index in [2.05, 4.69) is 21.2 Å².